The van der Waals surface area contributed by atoms with Crippen LogP contribution in [0.5, 0.6) is 5.75 Å². The van der Waals surface area contributed by atoms with Gasteiger partial charge in [0.1, 0.15) is 5.75 Å². The van der Waals surface area contributed by atoms with E-state index in [0.717, 1.165) is 47.6 Å². The molecular formula is C28H31N3O4. The van der Waals surface area contributed by atoms with Crippen molar-refractivity contribution < 1.29 is 19.1 Å². The van der Waals surface area contributed by atoms with E-state index in [9.17, 15) is 9.59 Å². The number of carbonyl (C=O) groups is 2. The first-order valence-corrected chi connectivity index (χ1v) is 11.9. The smallest absolute Gasteiger partial charge is 0.305 e. The maximum atomic E-state index is 12.2. The van der Waals surface area contributed by atoms with E-state index in [1.54, 1.807) is 0 Å². The Labute approximate surface area is 206 Å². The molecule has 3 aromatic carbocycles. The van der Waals surface area contributed by atoms with E-state index in [-0.39, 0.29) is 18.0 Å². The summed E-state index contributed by atoms with van der Waals surface area (Å²) in [4.78, 5) is 25.6. The summed E-state index contributed by atoms with van der Waals surface area (Å²) in [6.07, 6.45) is 2.70. The molecular weight excluding hydrogens is 442 g/mol. The van der Waals surface area contributed by atoms with Crippen LogP contribution in [-0.4, -0.2) is 25.6 Å². The first kappa shape index (κ1) is 24.1. The summed E-state index contributed by atoms with van der Waals surface area (Å²) in [5, 5.41) is 1.91. The van der Waals surface area contributed by atoms with Gasteiger partial charge in [-0.1, -0.05) is 48.5 Å². The average molecular weight is 474 g/mol. The van der Waals surface area contributed by atoms with E-state index in [4.69, 9.17) is 4.74 Å². The number of methoxy groups -OCH3 is 1. The molecule has 0 saturated carbocycles. The highest BCUT2D eigenvalue weighted by atomic mass is 16.5. The molecule has 7 nitrogen and oxygen atoms in total. The number of nitrogens with zero attached hydrogens (tertiary/aromatic N) is 2. The van der Waals surface area contributed by atoms with Gasteiger partial charge < -0.3 is 14.4 Å². The Hall–Kier alpha value is -4.00. The van der Waals surface area contributed by atoms with Crippen molar-refractivity contribution in [2.24, 2.45) is 0 Å². The predicted molar refractivity (Wildman–Crippen MR) is 136 cm³/mol. The summed E-state index contributed by atoms with van der Waals surface area (Å²) in [5.41, 5.74) is 6.92. The number of hydrogen-bond acceptors (Lipinski definition) is 6. The van der Waals surface area contributed by atoms with Crippen molar-refractivity contribution in [1.82, 2.24) is 5.43 Å². The number of esters is 1. The van der Waals surface area contributed by atoms with Crippen molar-refractivity contribution in [2.45, 2.75) is 38.8 Å². The number of unbranched alkanes of at least 4 members (excludes halogenated alkanes) is 2. The van der Waals surface area contributed by atoms with Gasteiger partial charge in [-0.2, -0.15) is 0 Å². The SMILES string of the molecule is COC(=O)CCCCCOc1ccc2c(c1)N(c1ccccc1)[C@H](c1ccccc1)N2NC(C)=O. The van der Waals surface area contributed by atoms with Crippen LogP contribution in [-0.2, 0) is 14.3 Å². The van der Waals surface area contributed by atoms with Gasteiger partial charge in [-0.3, -0.25) is 20.0 Å². The molecule has 1 N–H and O–H groups in total. The van der Waals surface area contributed by atoms with Crippen molar-refractivity contribution in [3.63, 3.8) is 0 Å². The summed E-state index contributed by atoms with van der Waals surface area (Å²) in [6, 6.07) is 26.2. The van der Waals surface area contributed by atoms with Crippen molar-refractivity contribution >= 4 is 28.9 Å². The topological polar surface area (TPSA) is 71.1 Å². The Balaban J connectivity index is 1.60. The zero-order chi connectivity index (χ0) is 24.6. The minimum absolute atomic E-state index is 0.140. The Bertz CT molecular complexity index is 1140. The Morgan fingerprint density at radius 1 is 0.886 bits per heavy atom. The summed E-state index contributed by atoms with van der Waals surface area (Å²) in [7, 11) is 1.41. The lowest BCUT2D eigenvalue weighted by Gasteiger charge is -2.33. The first-order valence-electron chi connectivity index (χ1n) is 11.9. The quantitative estimate of drug-likeness (QED) is 0.309. The molecule has 0 bridgehead atoms. The molecule has 0 saturated heterocycles. The third-order valence-corrected chi connectivity index (χ3v) is 5.89. The van der Waals surface area contributed by atoms with Gasteiger partial charge in [-0.05, 0) is 49.1 Å². The molecule has 1 aliphatic rings. The molecule has 1 aliphatic heterocycles. The van der Waals surface area contributed by atoms with Crippen molar-refractivity contribution in [3.8, 4) is 5.75 Å². The lowest BCUT2D eigenvalue weighted by molar-refractivity contribution is -0.140. The van der Waals surface area contributed by atoms with E-state index in [1.807, 2.05) is 59.6 Å². The molecule has 0 aromatic heterocycles. The van der Waals surface area contributed by atoms with Crippen LogP contribution in [0.3, 0.4) is 0 Å². The van der Waals surface area contributed by atoms with Gasteiger partial charge in [-0.25, -0.2) is 0 Å². The van der Waals surface area contributed by atoms with E-state index in [1.165, 1.54) is 14.0 Å². The average Bonchev–Trinajstić information content (AvgIpc) is 3.19. The van der Waals surface area contributed by atoms with E-state index < -0.39 is 0 Å². The zero-order valence-corrected chi connectivity index (χ0v) is 20.1. The number of rotatable bonds is 10. The van der Waals surface area contributed by atoms with Gasteiger partial charge in [0.25, 0.3) is 0 Å². The number of ether oxygens (including phenoxy) is 2. The molecule has 3 aromatic rings. The summed E-state index contributed by atoms with van der Waals surface area (Å²) in [5.74, 6) is 0.440. The van der Waals surface area contributed by atoms with Crippen LogP contribution in [0.15, 0.2) is 78.9 Å². The number of para-hydroxylation sites is 1. The maximum Gasteiger partial charge on any atom is 0.305 e. The number of fused-ring (bicyclic) bond motifs is 1. The normalized spacial score (nSPS) is 14.4. The molecule has 7 heteroatoms. The van der Waals surface area contributed by atoms with Crippen molar-refractivity contribution in [1.29, 1.82) is 0 Å². The molecule has 0 aliphatic carbocycles. The van der Waals surface area contributed by atoms with Crippen LogP contribution < -0.4 is 20.1 Å². The maximum absolute atomic E-state index is 12.2. The van der Waals surface area contributed by atoms with Crippen LogP contribution in [0.1, 0.15) is 44.3 Å². The molecule has 35 heavy (non-hydrogen) atoms. The Morgan fingerprint density at radius 2 is 1.60 bits per heavy atom. The number of amides is 1. The Morgan fingerprint density at radius 3 is 2.29 bits per heavy atom. The third kappa shape index (κ3) is 5.74. The highest BCUT2D eigenvalue weighted by Crippen LogP contribution is 2.50. The van der Waals surface area contributed by atoms with Gasteiger partial charge in [0.05, 0.1) is 25.1 Å². The second-order valence-electron chi connectivity index (χ2n) is 8.41. The van der Waals surface area contributed by atoms with Crippen LogP contribution in [0, 0.1) is 0 Å². The molecule has 182 valence electrons. The molecule has 0 spiro atoms. The molecule has 0 unspecified atom stereocenters. The van der Waals surface area contributed by atoms with Gasteiger partial charge >= 0.3 is 5.97 Å². The number of nitrogens with one attached hydrogen (secondary N) is 1. The van der Waals surface area contributed by atoms with Gasteiger partial charge in [0.15, 0.2) is 6.17 Å². The van der Waals surface area contributed by atoms with Crippen LogP contribution in [0.25, 0.3) is 0 Å². The van der Waals surface area contributed by atoms with Gasteiger partial charge in [-0.15, -0.1) is 0 Å². The molecule has 1 atom stereocenters. The van der Waals surface area contributed by atoms with Crippen LogP contribution in [0.4, 0.5) is 17.1 Å². The Kier molecular flexibility index (Phi) is 7.88. The minimum atomic E-state index is -0.258. The molecule has 1 amide bonds. The van der Waals surface area contributed by atoms with Gasteiger partial charge in [0, 0.05) is 25.1 Å². The molecule has 0 radical (unpaired) electrons. The molecule has 1 heterocycles. The minimum Gasteiger partial charge on any atom is -0.494 e. The van der Waals surface area contributed by atoms with E-state index in [2.05, 4.69) is 39.3 Å². The van der Waals surface area contributed by atoms with Gasteiger partial charge in [0.2, 0.25) is 5.91 Å². The number of carbonyl (C=O) groups excluding carboxylic acids is 2. The van der Waals surface area contributed by atoms with Crippen molar-refractivity contribution in [3.05, 3.63) is 84.4 Å². The monoisotopic (exact) mass is 473 g/mol. The lowest BCUT2D eigenvalue weighted by atomic mass is 10.1. The zero-order valence-electron chi connectivity index (χ0n) is 20.1. The fourth-order valence-electron chi connectivity index (χ4n) is 4.29. The summed E-state index contributed by atoms with van der Waals surface area (Å²) >= 11 is 0. The second kappa shape index (κ2) is 11.4. The number of hydrogen-bond donors (Lipinski definition) is 1. The summed E-state index contributed by atoms with van der Waals surface area (Å²) in [6.45, 7) is 2.08. The van der Waals surface area contributed by atoms with E-state index >= 15 is 0 Å². The number of benzene rings is 3. The fraction of sp³-hybridized carbons (Fsp3) is 0.286. The highest BCUT2D eigenvalue weighted by molar-refractivity contribution is 5.87. The molecule has 4 rings (SSSR count). The predicted octanol–water partition coefficient (Wildman–Crippen LogP) is 5.51. The van der Waals surface area contributed by atoms with Crippen LogP contribution >= 0.6 is 0 Å². The number of hydrazine groups is 1. The standard InChI is InChI=1S/C28H31N3O4/c1-21(32)29-31-25-18-17-24(35-19-11-5-10-16-27(33)34-2)20-26(25)30(23-14-8-4-9-15-23)28(31)22-12-6-3-7-13-22/h3-4,6-9,12-15,17-18,20,28H,5,10-11,16,19H2,1-2H3,(H,29,32)/t28-/m0/s1. The first-order chi connectivity index (χ1) is 17.1. The van der Waals surface area contributed by atoms with E-state index in [0.29, 0.717) is 13.0 Å². The third-order valence-electron chi connectivity index (χ3n) is 5.89. The lowest BCUT2D eigenvalue weighted by Crippen LogP contribution is -2.45. The fourth-order valence-corrected chi connectivity index (χ4v) is 4.29. The largest absolute Gasteiger partial charge is 0.494 e. The summed E-state index contributed by atoms with van der Waals surface area (Å²) < 4.78 is 10.7. The highest BCUT2D eigenvalue weighted by Gasteiger charge is 2.39. The van der Waals surface area contributed by atoms with Crippen molar-refractivity contribution in [2.75, 3.05) is 23.6 Å². The second-order valence-corrected chi connectivity index (χ2v) is 8.41. The van der Waals surface area contributed by atoms with Crippen LogP contribution in [0.2, 0.25) is 0 Å². The number of anilines is 3. The molecule has 0 fully saturated rings.